The van der Waals surface area contributed by atoms with Crippen LogP contribution < -0.4 is 0 Å². The van der Waals surface area contributed by atoms with Crippen molar-refractivity contribution in [2.24, 2.45) is 0 Å². The number of ether oxygens (including phenoxy) is 1. The molecule has 5 rings (SSSR count). The first-order chi connectivity index (χ1) is 14.9. The Kier molecular flexibility index (Phi) is 5.16. The number of aliphatic hydroxyl groups is 1. The average molecular weight is 442 g/mol. The Hall–Kier alpha value is -2.55. The Morgan fingerprint density at radius 2 is 2.03 bits per heavy atom. The van der Waals surface area contributed by atoms with Crippen LogP contribution in [0.3, 0.4) is 0 Å². The Bertz CT molecular complexity index is 1130. The van der Waals surface area contributed by atoms with Gasteiger partial charge in [-0.05, 0) is 42.2 Å². The zero-order valence-electron chi connectivity index (χ0n) is 16.6. The maximum Gasteiger partial charge on any atom is 0.186 e. The lowest BCUT2D eigenvalue weighted by atomic mass is 9.91. The van der Waals surface area contributed by atoms with Crippen molar-refractivity contribution in [2.45, 2.75) is 49.9 Å². The molecule has 3 heterocycles. The number of Topliss-reactive ketones (excluding diaryl/α,β-unsaturated/α-hetero) is 1. The molecule has 1 saturated heterocycles. The second-order valence-corrected chi connectivity index (χ2v) is 9.05. The van der Waals surface area contributed by atoms with Crippen LogP contribution in [0.15, 0.2) is 42.0 Å². The number of nitrogens with zero attached hydrogens (tertiary/aromatic N) is 2. The molecule has 1 aliphatic carbocycles. The van der Waals surface area contributed by atoms with Crippen molar-refractivity contribution in [1.82, 2.24) is 9.97 Å². The highest BCUT2D eigenvalue weighted by Crippen LogP contribution is 2.51. The summed E-state index contributed by atoms with van der Waals surface area (Å²) in [6.45, 7) is 0. The monoisotopic (exact) mass is 442 g/mol. The summed E-state index contributed by atoms with van der Waals surface area (Å²) in [5.41, 5.74) is 1.23. The van der Waals surface area contributed by atoms with Crippen molar-refractivity contribution in [2.75, 3.05) is 0 Å². The molecule has 3 aromatic rings. The number of carbonyl (C=O) groups is 1. The Labute approximate surface area is 181 Å². The molecule has 2 aliphatic rings. The van der Waals surface area contributed by atoms with E-state index in [1.54, 1.807) is 12.4 Å². The van der Waals surface area contributed by atoms with E-state index in [0.29, 0.717) is 18.4 Å². The number of benzene rings is 1. The largest absolute Gasteiger partial charge is 0.393 e. The predicted octanol–water partition coefficient (Wildman–Crippen LogP) is 4.65. The van der Waals surface area contributed by atoms with Crippen molar-refractivity contribution in [1.29, 1.82) is 0 Å². The lowest BCUT2D eigenvalue weighted by molar-refractivity contribution is -0.113. The summed E-state index contributed by atoms with van der Waals surface area (Å²) in [6.07, 6.45) is 5.58. The number of pyridine rings is 1. The summed E-state index contributed by atoms with van der Waals surface area (Å²) in [7, 11) is 0. The number of carbonyl (C=O) groups excluding carboxylic acids is 1. The number of thiazole rings is 1. The maximum absolute atomic E-state index is 14.1. The van der Waals surface area contributed by atoms with E-state index in [1.165, 1.54) is 11.4 Å². The molecule has 1 N–H and O–H groups in total. The summed E-state index contributed by atoms with van der Waals surface area (Å²) < 4.78 is 34.4. The third-order valence-electron chi connectivity index (χ3n) is 5.90. The molecule has 2 fully saturated rings. The zero-order chi connectivity index (χ0) is 21.6. The second kappa shape index (κ2) is 7.85. The van der Waals surface area contributed by atoms with E-state index in [-0.39, 0.29) is 40.2 Å². The summed E-state index contributed by atoms with van der Waals surface area (Å²) in [6, 6.07) is 5.43. The summed E-state index contributed by atoms with van der Waals surface area (Å²) in [5, 5.41) is 11.9. The van der Waals surface area contributed by atoms with Crippen LogP contribution in [0.1, 0.15) is 53.4 Å². The number of hydrogen-bond donors (Lipinski definition) is 1. The molecule has 160 valence electrons. The van der Waals surface area contributed by atoms with Gasteiger partial charge >= 0.3 is 0 Å². The number of aromatic nitrogens is 2. The molecule has 1 saturated carbocycles. The highest BCUT2D eigenvalue weighted by molar-refractivity contribution is 7.13. The number of rotatable bonds is 5. The normalized spacial score (nSPS) is 21.9. The molecule has 2 aromatic heterocycles. The summed E-state index contributed by atoms with van der Waals surface area (Å²) >= 11 is 1.03. The topological polar surface area (TPSA) is 72.3 Å². The van der Waals surface area contributed by atoms with Crippen LogP contribution in [0.2, 0.25) is 0 Å². The molecule has 31 heavy (non-hydrogen) atoms. The van der Waals surface area contributed by atoms with Crippen LogP contribution in [-0.4, -0.2) is 32.6 Å². The number of aliphatic hydroxyl groups excluding tert-OH is 1. The van der Waals surface area contributed by atoms with Crippen molar-refractivity contribution < 1.29 is 23.4 Å². The molecule has 0 bridgehead atoms. The minimum absolute atomic E-state index is 0.0368. The molecule has 5 nitrogen and oxygen atoms in total. The molecule has 0 radical (unpaired) electrons. The molecule has 2 atom stereocenters. The lowest BCUT2D eigenvalue weighted by Gasteiger charge is -2.34. The van der Waals surface area contributed by atoms with E-state index in [9.17, 15) is 18.7 Å². The number of hydrogen-bond acceptors (Lipinski definition) is 6. The SMILES string of the molecule is O=C(Cc1cnccc1[C@H]1C[C@@H](O)CC2(CC2)O1)c1csc(-c2c(F)cccc2F)n1. The molecule has 8 heteroatoms. The van der Waals surface area contributed by atoms with Gasteiger partial charge in [0.25, 0.3) is 0 Å². The third kappa shape index (κ3) is 4.03. The summed E-state index contributed by atoms with van der Waals surface area (Å²) in [4.78, 5) is 21.2. The van der Waals surface area contributed by atoms with Gasteiger partial charge in [0.2, 0.25) is 0 Å². The molecule has 0 unspecified atom stereocenters. The Morgan fingerprint density at radius 3 is 2.77 bits per heavy atom. The second-order valence-electron chi connectivity index (χ2n) is 8.19. The van der Waals surface area contributed by atoms with Crippen LogP contribution in [0.4, 0.5) is 8.78 Å². The molecular weight excluding hydrogens is 422 g/mol. The van der Waals surface area contributed by atoms with Gasteiger partial charge in [-0.2, -0.15) is 0 Å². The zero-order valence-corrected chi connectivity index (χ0v) is 17.4. The van der Waals surface area contributed by atoms with Gasteiger partial charge in [0.05, 0.1) is 23.4 Å². The molecule has 0 amide bonds. The number of halogens is 2. The molecular formula is C23H20F2N2O3S. The standard InChI is InChI=1S/C23H20F2N2O3S/c24-16-2-1-3-17(25)21(16)22-27-18(12-31-22)19(29)8-13-11-26-7-4-15(13)20-9-14(28)10-23(30-20)5-6-23/h1-4,7,11-12,14,20,28H,5-6,8-10H2/t14-,20-/m1/s1. The van der Waals surface area contributed by atoms with Crippen molar-refractivity contribution in [3.63, 3.8) is 0 Å². The van der Waals surface area contributed by atoms with Crippen LogP contribution in [0.5, 0.6) is 0 Å². The van der Waals surface area contributed by atoms with Gasteiger partial charge in [-0.3, -0.25) is 9.78 Å². The van der Waals surface area contributed by atoms with E-state index in [4.69, 9.17) is 4.74 Å². The maximum atomic E-state index is 14.1. The Morgan fingerprint density at radius 1 is 1.26 bits per heavy atom. The van der Waals surface area contributed by atoms with Crippen LogP contribution in [0.25, 0.3) is 10.6 Å². The van der Waals surface area contributed by atoms with Crippen molar-refractivity contribution in [3.05, 3.63) is 70.5 Å². The van der Waals surface area contributed by atoms with Gasteiger partial charge in [0.15, 0.2) is 5.78 Å². The molecule has 1 aliphatic heterocycles. The van der Waals surface area contributed by atoms with E-state index < -0.39 is 17.7 Å². The van der Waals surface area contributed by atoms with Crippen LogP contribution in [-0.2, 0) is 11.2 Å². The van der Waals surface area contributed by atoms with Gasteiger partial charge in [0, 0.05) is 37.0 Å². The van der Waals surface area contributed by atoms with E-state index in [2.05, 4.69) is 9.97 Å². The fourth-order valence-corrected chi connectivity index (χ4v) is 5.06. The first-order valence-electron chi connectivity index (χ1n) is 10.2. The minimum Gasteiger partial charge on any atom is -0.393 e. The van der Waals surface area contributed by atoms with Gasteiger partial charge in [0.1, 0.15) is 22.3 Å². The van der Waals surface area contributed by atoms with E-state index >= 15 is 0 Å². The minimum atomic E-state index is -0.718. The first-order valence-corrected chi connectivity index (χ1v) is 11.0. The lowest BCUT2D eigenvalue weighted by Crippen LogP contribution is -2.33. The van der Waals surface area contributed by atoms with Gasteiger partial charge in [-0.25, -0.2) is 13.8 Å². The fraction of sp³-hybridized carbons (Fsp3) is 0.348. The highest BCUT2D eigenvalue weighted by atomic mass is 32.1. The highest BCUT2D eigenvalue weighted by Gasteiger charge is 2.50. The average Bonchev–Trinajstić information content (AvgIpc) is 3.28. The number of ketones is 1. The van der Waals surface area contributed by atoms with Gasteiger partial charge in [-0.15, -0.1) is 11.3 Å². The fourth-order valence-electron chi connectivity index (χ4n) is 4.19. The van der Waals surface area contributed by atoms with Crippen molar-refractivity contribution >= 4 is 17.1 Å². The van der Waals surface area contributed by atoms with Crippen LogP contribution >= 0.6 is 11.3 Å². The van der Waals surface area contributed by atoms with E-state index in [1.807, 2.05) is 6.07 Å². The quantitative estimate of drug-likeness (QED) is 0.582. The smallest absolute Gasteiger partial charge is 0.186 e. The third-order valence-corrected chi connectivity index (χ3v) is 6.76. The van der Waals surface area contributed by atoms with Crippen LogP contribution in [0, 0.1) is 11.6 Å². The Balaban J connectivity index is 1.38. The summed E-state index contributed by atoms with van der Waals surface area (Å²) in [5.74, 6) is -1.71. The molecule has 1 aromatic carbocycles. The first kappa shape index (κ1) is 20.4. The molecule has 1 spiro atoms. The predicted molar refractivity (Wildman–Crippen MR) is 111 cm³/mol. The van der Waals surface area contributed by atoms with Gasteiger partial charge in [-0.1, -0.05) is 6.07 Å². The van der Waals surface area contributed by atoms with E-state index in [0.717, 1.165) is 41.9 Å². The van der Waals surface area contributed by atoms with Gasteiger partial charge < -0.3 is 9.84 Å². The van der Waals surface area contributed by atoms with Crippen molar-refractivity contribution in [3.8, 4) is 10.6 Å².